The molecule has 0 bridgehead atoms. The van der Waals surface area contributed by atoms with Gasteiger partial charge in [-0.1, -0.05) is 30.3 Å². The number of ether oxygens (including phenoxy) is 1. The van der Waals surface area contributed by atoms with Gasteiger partial charge in [-0.3, -0.25) is 9.10 Å². The van der Waals surface area contributed by atoms with Gasteiger partial charge in [0.1, 0.15) is 22.3 Å². The number of halogens is 1. The number of nitrogens with one attached hydrogen (secondary N) is 1. The molecule has 0 saturated carbocycles. The van der Waals surface area contributed by atoms with Crippen LogP contribution in [-0.4, -0.2) is 28.0 Å². The van der Waals surface area contributed by atoms with Crippen molar-refractivity contribution in [2.24, 2.45) is 0 Å². The highest BCUT2D eigenvalue weighted by Crippen LogP contribution is 2.33. The van der Waals surface area contributed by atoms with Crippen molar-refractivity contribution in [2.75, 3.05) is 18.0 Å². The van der Waals surface area contributed by atoms with Gasteiger partial charge in [-0.25, -0.2) is 12.8 Å². The van der Waals surface area contributed by atoms with Gasteiger partial charge in [0.25, 0.3) is 10.0 Å². The zero-order chi connectivity index (χ0) is 20.9. The molecule has 1 N–H and O–H groups in total. The summed E-state index contributed by atoms with van der Waals surface area (Å²) in [5.41, 5.74) is 0.963. The second kappa shape index (κ2) is 9.06. The first kappa shape index (κ1) is 20.8. The number of carbonyl (C=O) groups is 1. The molecule has 0 radical (unpaired) electrons. The van der Waals surface area contributed by atoms with Crippen LogP contribution >= 0.6 is 11.3 Å². The highest BCUT2D eigenvalue weighted by Gasteiger charge is 2.30. The summed E-state index contributed by atoms with van der Waals surface area (Å²) in [5, 5.41) is 4.32. The van der Waals surface area contributed by atoms with Crippen molar-refractivity contribution in [3.05, 3.63) is 77.4 Å². The fraction of sp³-hybridized carbons (Fsp3) is 0.150. The molecule has 0 aliphatic heterocycles. The van der Waals surface area contributed by atoms with E-state index in [1.54, 1.807) is 47.8 Å². The number of rotatable bonds is 8. The Labute approximate surface area is 172 Å². The molecule has 1 heterocycles. The van der Waals surface area contributed by atoms with E-state index >= 15 is 0 Å². The Bertz CT molecular complexity index is 1070. The molecular weight excluding hydrogens is 415 g/mol. The number of thiophene rings is 1. The number of para-hydroxylation sites is 2. The van der Waals surface area contributed by atoms with Crippen LogP contribution in [0.4, 0.5) is 10.1 Å². The van der Waals surface area contributed by atoms with Gasteiger partial charge in [-0.2, -0.15) is 0 Å². The van der Waals surface area contributed by atoms with E-state index in [4.69, 9.17) is 4.74 Å². The maximum Gasteiger partial charge on any atom is 0.274 e. The molecule has 0 fully saturated rings. The van der Waals surface area contributed by atoms with Crippen LogP contribution in [0.2, 0.25) is 0 Å². The summed E-state index contributed by atoms with van der Waals surface area (Å²) in [6.07, 6.45) is 0. The predicted molar refractivity (Wildman–Crippen MR) is 110 cm³/mol. The van der Waals surface area contributed by atoms with Gasteiger partial charge in [-0.05, 0) is 41.3 Å². The average Bonchev–Trinajstić information content (AvgIpc) is 3.27. The van der Waals surface area contributed by atoms with Crippen molar-refractivity contribution in [1.82, 2.24) is 5.32 Å². The van der Waals surface area contributed by atoms with Crippen LogP contribution in [0.5, 0.6) is 5.75 Å². The molecule has 3 rings (SSSR count). The molecule has 0 atom stereocenters. The lowest BCUT2D eigenvalue weighted by Gasteiger charge is -2.25. The number of nitrogens with zero attached hydrogens (tertiary/aromatic N) is 1. The maximum atomic E-state index is 13.2. The van der Waals surface area contributed by atoms with Crippen LogP contribution in [0.15, 0.2) is 70.3 Å². The van der Waals surface area contributed by atoms with Crippen LogP contribution in [0.1, 0.15) is 5.56 Å². The normalized spacial score (nSPS) is 11.1. The largest absolute Gasteiger partial charge is 0.495 e. The van der Waals surface area contributed by atoms with Gasteiger partial charge in [0, 0.05) is 6.54 Å². The van der Waals surface area contributed by atoms with Crippen molar-refractivity contribution in [2.45, 2.75) is 10.8 Å². The average molecular weight is 435 g/mol. The Morgan fingerprint density at radius 1 is 1.10 bits per heavy atom. The van der Waals surface area contributed by atoms with Crippen molar-refractivity contribution in [1.29, 1.82) is 0 Å². The summed E-state index contributed by atoms with van der Waals surface area (Å²) in [4.78, 5) is 12.6. The minimum absolute atomic E-state index is 0.120. The summed E-state index contributed by atoms with van der Waals surface area (Å²) in [7, 11) is -2.53. The second-order valence-corrected chi connectivity index (χ2v) is 9.06. The maximum absolute atomic E-state index is 13.2. The van der Waals surface area contributed by atoms with Crippen molar-refractivity contribution < 1.29 is 22.3 Å². The molecule has 1 amide bonds. The van der Waals surface area contributed by atoms with Crippen LogP contribution in [0.25, 0.3) is 0 Å². The van der Waals surface area contributed by atoms with Gasteiger partial charge in [0.15, 0.2) is 0 Å². The third kappa shape index (κ3) is 4.93. The molecule has 152 valence electrons. The Hall–Kier alpha value is -2.91. The summed E-state index contributed by atoms with van der Waals surface area (Å²) in [6.45, 7) is -0.278. The molecule has 1 aromatic heterocycles. The fourth-order valence-electron chi connectivity index (χ4n) is 2.64. The number of carbonyl (C=O) groups excluding carboxylic acids is 1. The van der Waals surface area contributed by atoms with E-state index in [1.165, 1.54) is 25.3 Å². The lowest BCUT2D eigenvalue weighted by atomic mass is 10.2. The van der Waals surface area contributed by atoms with Crippen LogP contribution in [0.3, 0.4) is 0 Å². The molecular formula is C20H19FN2O4S2. The number of sulfonamides is 1. The van der Waals surface area contributed by atoms with Crippen molar-refractivity contribution >= 4 is 33.0 Å². The zero-order valence-electron chi connectivity index (χ0n) is 15.5. The lowest BCUT2D eigenvalue weighted by molar-refractivity contribution is -0.119. The Kier molecular flexibility index (Phi) is 6.50. The quantitative estimate of drug-likeness (QED) is 0.590. The highest BCUT2D eigenvalue weighted by molar-refractivity contribution is 7.94. The molecule has 9 heteroatoms. The molecule has 0 unspecified atom stereocenters. The fourth-order valence-corrected chi connectivity index (χ4v) is 5.18. The standard InChI is InChI=1S/C20H19FN2O4S2/c1-27-18-6-3-2-5-17(18)23(29(25,26)20-7-4-12-28-20)14-19(24)22-13-15-8-10-16(21)11-9-15/h2-12H,13-14H2,1H3,(H,22,24). The molecule has 2 aromatic carbocycles. The number of hydrogen-bond donors (Lipinski definition) is 1. The van der Waals surface area contributed by atoms with E-state index in [1.807, 2.05) is 0 Å². The van der Waals surface area contributed by atoms with Crippen LogP contribution < -0.4 is 14.4 Å². The molecule has 29 heavy (non-hydrogen) atoms. The lowest BCUT2D eigenvalue weighted by Crippen LogP contribution is -2.40. The monoisotopic (exact) mass is 434 g/mol. The van der Waals surface area contributed by atoms with E-state index in [0.29, 0.717) is 11.3 Å². The first-order valence-corrected chi connectivity index (χ1v) is 10.9. The van der Waals surface area contributed by atoms with E-state index in [-0.39, 0.29) is 22.3 Å². The van der Waals surface area contributed by atoms with Crippen molar-refractivity contribution in [3.63, 3.8) is 0 Å². The second-order valence-electron chi connectivity index (χ2n) is 6.02. The summed E-state index contributed by atoms with van der Waals surface area (Å²) in [6, 6.07) is 15.4. The Morgan fingerprint density at radius 2 is 1.83 bits per heavy atom. The number of benzene rings is 2. The molecule has 6 nitrogen and oxygen atoms in total. The van der Waals surface area contributed by atoms with E-state index in [9.17, 15) is 17.6 Å². The number of hydrogen-bond acceptors (Lipinski definition) is 5. The summed E-state index contributed by atoms with van der Waals surface area (Å²) in [5.74, 6) is -0.538. The third-order valence-corrected chi connectivity index (χ3v) is 7.22. The van der Waals surface area contributed by atoms with Gasteiger partial charge in [-0.15, -0.1) is 11.3 Å². The predicted octanol–water partition coefficient (Wildman–Crippen LogP) is 3.41. The van der Waals surface area contributed by atoms with Gasteiger partial charge >= 0.3 is 0 Å². The molecule has 0 spiro atoms. The van der Waals surface area contributed by atoms with E-state index in [2.05, 4.69) is 5.32 Å². The third-order valence-electron chi connectivity index (χ3n) is 4.08. The van der Waals surface area contributed by atoms with Crippen LogP contribution in [0, 0.1) is 5.82 Å². The van der Waals surface area contributed by atoms with Gasteiger partial charge in [0.2, 0.25) is 5.91 Å². The Balaban J connectivity index is 1.85. The molecule has 3 aromatic rings. The first-order valence-electron chi connectivity index (χ1n) is 8.62. The van der Waals surface area contributed by atoms with E-state index < -0.39 is 22.5 Å². The summed E-state index contributed by atoms with van der Waals surface area (Å²) < 4.78 is 45.8. The van der Waals surface area contributed by atoms with Gasteiger partial charge < -0.3 is 10.1 Å². The molecule has 0 aliphatic carbocycles. The van der Waals surface area contributed by atoms with E-state index in [0.717, 1.165) is 15.6 Å². The van der Waals surface area contributed by atoms with Crippen LogP contribution in [-0.2, 0) is 21.4 Å². The van der Waals surface area contributed by atoms with Crippen molar-refractivity contribution in [3.8, 4) is 5.75 Å². The minimum atomic E-state index is -3.97. The molecule has 0 saturated heterocycles. The molecule has 0 aliphatic rings. The summed E-state index contributed by atoms with van der Waals surface area (Å²) >= 11 is 1.07. The number of amides is 1. The highest BCUT2D eigenvalue weighted by atomic mass is 32.2. The zero-order valence-corrected chi connectivity index (χ0v) is 17.2. The topological polar surface area (TPSA) is 75.7 Å². The number of anilines is 1. The first-order chi connectivity index (χ1) is 13.9. The minimum Gasteiger partial charge on any atom is -0.495 e. The SMILES string of the molecule is COc1ccccc1N(CC(=O)NCc1ccc(F)cc1)S(=O)(=O)c1cccs1. The smallest absolute Gasteiger partial charge is 0.274 e. The number of methoxy groups -OCH3 is 1. The van der Waals surface area contributed by atoms with Gasteiger partial charge in [0.05, 0.1) is 12.8 Å². The Morgan fingerprint density at radius 3 is 2.48 bits per heavy atom.